The third kappa shape index (κ3) is 3.35. The van der Waals surface area contributed by atoms with Gasteiger partial charge in [0.1, 0.15) is 6.10 Å². The second-order valence-electron chi connectivity index (χ2n) is 5.41. The number of halogens is 2. The number of hydrogen-bond acceptors (Lipinski definition) is 3. The predicted octanol–water partition coefficient (Wildman–Crippen LogP) is 2.55. The smallest absolute Gasteiger partial charge is 0.317 e. The molecule has 0 bridgehead atoms. The molecule has 2 aliphatic rings. The second-order valence-corrected chi connectivity index (χ2v) is 6.63. The van der Waals surface area contributed by atoms with Gasteiger partial charge < -0.3 is 15.0 Å². The van der Waals surface area contributed by atoms with Gasteiger partial charge >= 0.3 is 6.03 Å². The number of carbonyl (C=O) groups is 1. The summed E-state index contributed by atoms with van der Waals surface area (Å²) in [6.07, 6.45) is 0.232. The Labute approximate surface area is 132 Å². The lowest BCUT2D eigenvalue weighted by molar-refractivity contribution is 0.0979. The fourth-order valence-electron chi connectivity index (χ4n) is 2.77. The van der Waals surface area contributed by atoms with Gasteiger partial charge in [0, 0.05) is 31.2 Å². The molecule has 0 unspecified atom stereocenters. The van der Waals surface area contributed by atoms with Gasteiger partial charge in [-0.3, -0.25) is 0 Å². The van der Waals surface area contributed by atoms with Crippen molar-refractivity contribution in [3.63, 3.8) is 0 Å². The SMILES string of the molecule is O=C(N[C@@H]1CCO[C@H]1c1ccc(F)c(F)c1)N1CCSCC1. The highest BCUT2D eigenvalue weighted by Gasteiger charge is 2.32. The maximum Gasteiger partial charge on any atom is 0.317 e. The molecule has 2 aliphatic heterocycles. The lowest BCUT2D eigenvalue weighted by atomic mass is 10.0. The van der Waals surface area contributed by atoms with Crippen molar-refractivity contribution in [2.75, 3.05) is 31.2 Å². The summed E-state index contributed by atoms with van der Waals surface area (Å²) in [7, 11) is 0. The van der Waals surface area contributed by atoms with E-state index in [4.69, 9.17) is 4.74 Å². The van der Waals surface area contributed by atoms with Crippen LogP contribution < -0.4 is 5.32 Å². The van der Waals surface area contributed by atoms with Crippen LogP contribution in [0.3, 0.4) is 0 Å². The van der Waals surface area contributed by atoms with Gasteiger partial charge in [-0.15, -0.1) is 0 Å². The summed E-state index contributed by atoms with van der Waals surface area (Å²) in [5.74, 6) is 0.113. The van der Waals surface area contributed by atoms with E-state index in [1.807, 2.05) is 11.8 Å². The average Bonchev–Trinajstić information content (AvgIpc) is 2.99. The van der Waals surface area contributed by atoms with E-state index in [1.54, 1.807) is 4.90 Å². The number of thioether (sulfide) groups is 1. The van der Waals surface area contributed by atoms with E-state index in [-0.39, 0.29) is 12.1 Å². The second kappa shape index (κ2) is 6.83. The lowest BCUT2D eigenvalue weighted by Gasteiger charge is -2.29. The number of nitrogens with zero attached hydrogens (tertiary/aromatic N) is 1. The molecule has 22 heavy (non-hydrogen) atoms. The molecule has 7 heteroatoms. The molecule has 0 aromatic heterocycles. The Morgan fingerprint density at radius 2 is 2.05 bits per heavy atom. The number of benzene rings is 1. The summed E-state index contributed by atoms with van der Waals surface area (Å²) in [5.41, 5.74) is 0.552. The van der Waals surface area contributed by atoms with Gasteiger partial charge in [0.05, 0.1) is 6.04 Å². The zero-order chi connectivity index (χ0) is 15.5. The van der Waals surface area contributed by atoms with Crippen molar-refractivity contribution in [2.24, 2.45) is 0 Å². The van der Waals surface area contributed by atoms with Crippen molar-refractivity contribution in [1.29, 1.82) is 0 Å². The van der Waals surface area contributed by atoms with Crippen LogP contribution in [0.1, 0.15) is 18.1 Å². The minimum absolute atomic E-state index is 0.108. The maximum atomic E-state index is 13.4. The lowest BCUT2D eigenvalue weighted by Crippen LogP contribution is -2.48. The molecule has 2 atom stereocenters. The number of hydrogen-bond donors (Lipinski definition) is 1. The zero-order valence-electron chi connectivity index (χ0n) is 12.1. The van der Waals surface area contributed by atoms with Crippen LogP contribution in [-0.2, 0) is 4.74 Å². The van der Waals surface area contributed by atoms with Crippen LogP contribution in [0.25, 0.3) is 0 Å². The molecule has 1 aromatic rings. The predicted molar refractivity (Wildman–Crippen MR) is 80.9 cm³/mol. The third-order valence-corrected chi connectivity index (χ3v) is 4.91. The first kappa shape index (κ1) is 15.6. The highest BCUT2D eigenvalue weighted by atomic mass is 32.2. The molecule has 0 spiro atoms. The number of amides is 2. The number of carbonyl (C=O) groups excluding carboxylic acids is 1. The Balaban J connectivity index is 1.67. The molecule has 2 amide bonds. The fraction of sp³-hybridized carbons (Fsp3) is 0.533. The van der Waals surface area contributed by atoms with Gasteiger partial charge in [-0.2, -0.15) is 11.8 Å². The van der Waals surface area contributed by atoms with E-state index in [9.17, 15) is 13.6 Å². The molecule has 1 aromatic carbocycles. The van der Waals surface area contributed by atoms with Crippen molar-refractivity contribution >= 4 is 17.8 Å². The van der Waals surface area contributed by atoms with Crippen LogP contribution >= 0.6 is 11.8 Å². The van der Waals surface area contributed by atoms with Crippen LogP contribution in [0.15, 0.2) is 18.2 Å². The van der Waals surface area contributed by atoms with E-state index in [0.29, 0.717) is 18.6 Å². The topological polar surface area (TPSA) is 41.6 Å². The largest absolute Gasteiger partial charge is 0.371 e. The molecule has 0 saturated carbocycles. The van der Waals surface area contributed by atoms with Crippen LogP contribution in [0.4, 0.5) is 13.6 Å². The number of rotatable bonds is 2. The summed E-state index contributed by atoms with van der Waals surface area (Å²) >= 11 is 1.84. The Bertz CT molecular complexity index is 552. The van der Waals surface area contributed by atoms with Gasteiger partial charge in [-0.05, 0) is 24.1 Å². The summed E-state index contributed by atoms with van der Waals surface area (Å²) in [6.45, 7) is 1.96. The molecule has 2 fully saturated rings. The van der Waals surface area contributed by atoms with Crippen LogP contribution in [0.2, 0.25) is 0 Å². The van der Waals surface area contributed by atoms with E-state index in [0.717, 1.165) is 36.7 Å². The minimum Gasteiger partial charge on any atom is -0.371 e. The Hall–Kier alpha value is -1.34. The molecule has 0 aliphatic carbocycles. The van der Waals surface area contributed by atoms with Gasteiger partial charge in [-0.25, -0.2) is 13.6 Å². The van der Waals surface area contributed by atoms with Crippen molar-refractivity contribution in [3.05, 3.63) is 35.4 Å². The van der Waals surface area contributed by atoms with E-state index >= 15 is 0 Å². The summed E-state index contributed by atoms with van der Waals surface area (Å²) < 4.78 is 32.0. The molecule has 0 radical (unpaired) electrons. The highest BCUT2D eigenvalue weighted by molar-refractivity contribution is 7.99. The molecule has 4 nitrogen and oxygen atoms in total. The van der Waals surface area contributed by atoms with E-state index in [1.165, 1.54) is 6.07 Å². The quantitative estimate of drug-likeness (QED) is 0.907. The summed E-state index contributed by atoms with van der Waals surface area (Å²) in [6, 6.07) is 3.41. The Kier molecular flexibility index (Phi) is 4.83. The maximum absolute atomic E-state index is 13.4. The molecule has 1 N–H and O–H groups in total. The van der Waals surface area contributed by atoms with Gasteiger partial charge in [0.25, 0.3) is 0 Å². The standard InChI is InChI=1S/C15H18F2N2O2S/c16-11-2-1-10(9-12(11)17)14-13(3-6-21-14)18-15(20)19-4-7-22-8-5-19/h1-2,9,13-14H,3-8H2,(H,18,20)/t13-,14+/m1/s1. The molecule has 2 heterocycles. The van der Waals surface area contributed by atoms with Crippen molar-refractivity contribution in [3.8, 4) is 0 Å². The molecule has 120 valence electrons. The molecular weight excluding hydrogens is 310 g/mol. The minimum atomic E-state index is -0.897. The molecule has 3 rings (SSSR count). The third-order valence-electron chi connectivity index (χ3n) is 3.97. The van der Waals surface area contributed by atoms with Crippen LogP contribution in [0, 0.1) is 11.6 Å². The van der Waals surface area contributed by atoms with E-state index < -0.39 is 17.7 Å². The Morgan fingerprint density at radius 1 is 1.27 bits per heavy atom. The average molecular weight is 328 g/mol. The Morgan fingerprint density at radius 3 is 2.77 bits per heavy atom. The fourth-order valence-corrected chi connectivity index (χ4v) is 3.67. The van der Waals surface area contributed by atoms with E-state index in [2.05, 4.69) is 5.32 Å². The first-order valence-corrected chi connectivity index (χ1v) is 8.50. The number of urea groups is 1. The van der Waals surface area contributed by atoms with Gasteiger partial charge in [-0.1, -0.05) is 6.07 Å². The van der Waals surface area contributed by atoms with Crippen LogP contribution in [-0.4, -0.2) is 48.2 Å². The van der Waals surface area contributed by atoms with Gasteiger partial charge in [0.15, 0.2) is 11.6 Å². The first-order chi connectivity index (χ1) is 10.6. The molecule has 2 saturated heterocycles. The van der Waals surface area contributed by atoms with Gasteiger partial charge in [0.2, 0.25) is 0 Å². The normalized spacial score (nSPS) is 25.3. The van der Waals surface area contributed by atoms with Crippen molar-refractivity contribution < 1.29 is 18.3 Å². The zero-order valence-corrected chi connectivity index (χ0v) is 12.9. The molecular formula is C15H18F2N2O2S. The summed E-state index contributed by atoms with van der Waals surface area (Å²) in [4.78, 5) is 14.1. The monoisotopic (exact) mass is 328 g/mol. The van der Waals surface area contributed by atoms with Crippen molar-refractivity contribution in [2.45, 2.75) is 18.6 Å². The number of nitrogens with one attached hydrogen (secondary N) is 1. The number of ether oxygens (including phenoxy) is 1. The van der Waals surface area contributed by atoms with Crippen molar-refractivity contribution in [1.82, 2.24) is 10.2 Å². The van der Waals surface area contributed by atoms with Crippen LogP contribution in [0.5, 0.6) is 0 Å². The summed E-state index contributed by atoms with van der Waals surface area (Å²) in [5, 5.41) is 2.97. The highest BCUT2D eigenvalue weighted by Crippen LogP contribution is 2.30. The first-order valence-electron chi connectivity index (χ1n) is 7.35.